The van der Waals surface area contributed by atoms with E-state index in [2.05, 4.69) is 25.4 Å². The largest absolute Gasteiger partial charge is 0.507 e. The van der Waals surface area contributed by atoms with Crippen molar-refractivity contribution in [2.45, 2.75) is 44.4 Å². The molecule has 0 aromatic heterocycles. The highest BCUT2D eigenvalue weighted by Crippen LogP contribution is 2.34. The molecule has 108 valence electrons. The van der Waals surface area contributed by atoms with Gasteiger partial charge in [0.2, 0.25) is 0 Å². The predicted octanol–water partition coefficient (Wildman–Crippen LogP) is 3.67. The van der Waals surface area contributed by atoms with E-state index >= 15 is 0 Å². The fourth-order valence-electron chi connectivity index (χ4n) is 2.29. The minimum atomic E-state index is -0.0779. The van der Waals surface area contributed by atoms with Crippen LogP contribution in [0.15, 0.2) is 18.2 Å². The molecular formula is C15H25NO2S. The van der Waals surface area contributed by atoms with Gasteiger partial charge in [-0.1, -0.05) is 19.9 Å². The maximum atomic E-state index is 9.86. The summed E-state index contributed by atoms with van der Waals surface area (Å²) in [4.78, 5) is 0. The van der Waals surface area contributed by atoms with Crippen LogP contribution in [0.2, 0.25) is 0 Å². The van der Waals surface area contributed by atoms with Crippen LogP contribution in [0.1, 0.15) is 45.2 Å². The molecule has 19 heavy (non-hydrogen) atoms. The summed E-state index contributed by atoms with van der Waals surface area (Å²) in [5, 5.41) is 23.1. The van der Waals surface area contributed by atoms with E-state index in [0.717, 1.165) is 19.4 Å². The Morgan fingerprint density at radius 3 is 2.16 bits per heavy atom. The van der Waals surface area contributed by atoms with Crippen molar-refractivity contribution in [2.24, 2.45) is 0 Å². The number of hydrogen-bond donors (Lipinski definition) is 3. The molecule has 1 aromatic carbocycles. The first-order chi connectivity index (χ1) is 8.99. The van der Waals surface area contributed by atoms with Gasteiger partial charge >= 0.3 is 0 Å². The summed E-state index contributed by atoms with van der Waals surface area (Å²) in [5.41, 5.74) is 0.574. The maximum Gasteiger partial charge on any atom is 0.124 e. The van der Waals surface area contributed by atoms with Gasteiger partial charge in [0, 0.05) is 17.3 Å². The molecule has 0 aliphatic heterocycles. The van der Waals surface area contributed by atoms with Gasteiger partial charge < -0.3 is 15.5 Å². The number of hydrogen-bond acceptors (Lipinski definition) is 4. The van der Waals surface area contributed by atoms with Crippen molar-refractivity contribution in [1.82, 2.24) is 5.32 Å². The van der Waals surface area contributed by atoms with E-state index in [4.69, 9.17) is 0 Å². The van der Waals surface area contributed by atoms with E-state index in [9.17, 15) is 10.2 Å². The third kappa shape index (κ3) is 3.80. The Labute approximate surface area is 120 Å². The van der Waals surface area contributed by atoms with Gasteiger partial charge in [0.25, 0.3) is 0 Å². The first kappa shape index (κ1) is 16.2. The highest BCUT2D eigenvalue weighted by Gasteiger charge is 2.26. The number of phenols is 2. The number of rotatable bonds is 7. The molecule has 3 N–H and O–H groups in total. The molecule has 0 heterocycles. The molecule has 0 spiro atoms. The van der Waals surface area contributed by atoms with Crippen LogP contribution in [0.5, 0.6) is 11.5 Å². The molecule has 1 aromatic rings. The first-order valence-corrected chi connectivity index (χ1v) is 8.01. The lowest BCUT2D eigenvalue weighted by atomic mass is 10.00. The number of nitrogens with one attached hydrogen (secondary N) is 1. The second-order valence-corrected chi connectivity index (χ2v) is 6.18. The van der Waals surface area contributed by atoms with Gasteiger partial charge in [-0.25, -0.2) is 0 Å². The third-order valence-electron chi connectivity index (χ3n) is 3.95. The lowest BCUT2D eigenvalue weighted by Crippen LogP contribution is -2.37. The SMILES string of the molecule is CCC(CC)(CNC(C)c1c(O)cccc1O)SC. The van der Waals surface area contributed by atoms with E-state index in [1.165, 1.54) is 0 Å². The second-order valence-electron chi connectivity index (χ2n) is 4.91. The van der Waals surface area contributed by atoms with Crippen LogP contribution in [0, 0.1) is 0 Å². The van der Waals surface area contributed by atoms with Crippen molar-refractivity contribution in [1.29, 1.82) is 0 Å². The van der Waals surface area contributed by atoms with E-state index in [-0.39, 0.29) is 22.3 Å². The molecule has 0 aliphatic rings. The molecule has 0 aliphatic carbocycles. The van der Waals surface area contributed by atoms with E-state index < -0.39 is 0 Å². The summed E-state index contributed by atoms with van der Waals surface area (Å²) in [6, 6.07) is 4.78. The minimum absolute atomic E-state index is 0.0779. The van der Waals surface area contributed by atoms with Crippen molar-refractivity contribution in [3.8, 4) is 11.5 Å². The van der Waals surface area contributed by atoms with Gasteiger partial charge in [0.05, 0.1) is 5.56 Å². The molecule has 0 amide bonds. The molecule has 0 bridgehead atoms. The van der Waals surface area contributed by atoms with Crippen LogP contribution in [-0.2, 0) is 0 Å². The van der Waals surface area contributed by atoms with Crippen molar-refractivity contribution in [3.63, 3.8) is 0 Å². The zero-order valence-electron chi connectivity index (χ0n) is 12.2. The van der Waals surface area contributed by atoms with Crippen LogP contribution >= 0.6 is 11.8 Å². The Balaban J connectivity index is 2.78. The molecule has 1 unspecified atom stereocenters. The Morgan fingerprint density at radius 2 is 1.74 bits per heavy atom. The lowest BCUT2D eigenvalue weighted by molar-refractivity contribution is 0.405. The fourth-order valence-corrected chi connectivity index (χ4v) is 3.09. The number of phenolic OH excluding ortho intramolecular Hbond substituents is 2. The zero-order chi connectivity index (χ0) is 14.5. The van der Waals surface area contributed by atoms with Gasteiger partial charge in [-0.2, -0.15) is 11.8 Å². The van der Waals surface area contributed by atoms with E-state index in [0.29, 0.717) is 5.56 Å². The van der Waals surface area contributed by atoms with Gasteiger partial charge in [0.1, 0.15) is 11.5 Å². The fraction of sp³-hybridized carbons (Fsp3) is 0.600. The summed E-state index contributed by atoms with van der Waals surface area (Å²) in [6.07, 6.45) is 4.32. The molecule has 1 rings (SSSR count). The number of thioether (sulfide) groups is 1. The third-order valence-corrected chi connectivity index (χ3v) is 5.53. The van der Waals surface area contributed by atoms with Gasteiger partial charge in [-0.15, -0.1) is 0 Å². The Kier molecular flexibility index (Phi) is 6.01. The molecule has 0 fully saturated rings. The number of aromatic hydroxyl groups is 2. The van der Waals surface area contributed by atoms with Crippen molar-refractivity contribution in [2.75, 3.05) is 12.8 Å². The van der Waals surface area contributed by atoms with Crippen LogP contribution in [0.25, 0.3) is 0 Å². The maximum absolute atomic E-state index is 9.86. The summed E-state index contributed by atoms with van der Waals surface area (Å²) < 4.78 is 0.217. The molecule has 1 atom stereocenters. The second kappa shape index (κ2) is 7.06. The highest BCUT2D eigenvalue weighted by atomic mass is 32.2. The van der Waals surface area contributed by atoms with Gasteiger partial charge in [-0.05, 0) is 38.2 Å². The summed E-state index contributed by atoms with van der Waals surface area (Å²) in [5.74, 6) is 0.283. The monoisotopic (exact) mass is 283 g/mol. The molecule has 3 nitrogen and oxygen atoms in total. The topological polar surface area (TPSA) is 52.5 Å². The van der Waals surface area contributed by atoms with E-state index in [1.54, 1.807) is 18.2 Å². The molecule has 0 saturated heterocycles. The number of benzene rings is 1. The quantitative estimate of drug-likeness (QED) is 0.714. The Hall–Kier alpha value is -0.870. The zero-order valence-corrected chi connectivity index (χ0v) is 13.0. The van der Waals surface area contributed by atoms with Crippen molar-refractivity contribution < 1.29 is 10.2 Å². The highest BCUT2D eigenvalue weighted by molar-refractivity contribution is 8.00. The average molecular weight is 283 g/mol. The van der Waals surface area contributed by atoms with Crippen LogP contribution in [-0.4, -0.2) is 27.8 Å². The first-order valence-electron chi connectivity index (χ1n) is 6.79. The minimum Gasteiger partial charge on any atom is -0.507 e. The van der Waals surface area contributed by atoms with Crippen molar-refractivity contribution >= 4 is 11.8 Å². The normalized spacial score (nSPS) is 13.5. The molecule has 0 radical (unpaired) electrons. The Morgan fingerprint density at radius 1 is 1.21 bits per heavy atom. The van der Waals surface area contributed by atoms with Crippen LogP contribution in [0.4, 0.5) is 0 Å². The van der Waals surface area contributed by atoms with Crippen LogP contribution < -0.4 is 5.32 Å². The van der Waals surface area contributed by atoms with Crippen molar-refractivity contribution in [3.05, 3.63) is 23.8 Å². The molecular weight excluding hydrogens is 258 g/mol. The summed E-state index contributed by atoms with van der Waals surface area (Å²) in [6.45, 7) is 7.22. The Bertz CT molecular complexity index is 377. The van der Waals surface area contributed by atoms with Crippen LogP contribution in [0.3, 0.4) is 0 Å². The summed E-state index contributed by atoms with van der Waals surface area (Å²) >= 11 is 1.88. The van der Waals surface area contributed by atoms with Gasteiger partial charge in [0.15, 0.2) is 0 Å². The molecule has 0 saturated carbocycles. The summed E-state index contributed by atoms with van der Waals surface area (Å²) in [7, 11) is 0. The van der Waals surface area contributed by atoms with Gasteiger partial charge in [-0.3, -0.25) is 0 Å². The smallest absolute Gasteiger partial charge is 0.124 e. The predicted molar refractivity (Wildman–Crippen MR) is 83.0 cm³/mol. The molecule has 4 heteroatoms. The van der Waals surface area contributed by atoms with E-state index in [1.807, 2.05) is 18.7 Å². The average Bonchev–Trinajstić information content (AvgIpc) is 2.41. The lowest BCUT2D eigenvalue weighted by Gasteiger charge is -2.31. The standard InChI is InChI=1S/C15H25NO2S/c1-5-15(6-2,19-4)10-16-11(3)14-12(17)8-7-9-13(14)18/h7-9,11,16-18H,5-6,10H2,1-4H3.